The second-order valence-corrected chi connectivity index (χ2v) is 8.85. The van der Waals surface area contributed by atoms with Crippen LogP contribution in [0.25, 0.3) is 0 Å². The molecule has 1 aromatic carbocycles. The SMILES string of the molecule is CC1(NC(=O)COC(=O)c2ccccc2I)CCS(=O)(=O)C1. The van der Waals surface area contributed by atoms with E-state index in [1.807, 2.05) is 22.6 Å². The normalized spacial score (nSPS) is 23.0. The van der Waals surface area contributed by atoms with Gasteiger partial charge in [0.1, 0.15) is 0 Å². The van der Waals surface area contributed by atoms with Crippen molar-refractivity contribution in [2.45, 2.75) is 18.9 Å². The lowest BCUT2D eigenvalue weighted by molar-refractivity contribution is -0.125. The smallest absolute Gasteiger partial charge is 0.339 e. The van der Waals surface area contributed by atoms with Gasteiger partial charge >= 0.3 is 5.97 Å². The Bertz CT molecular complexity index is 703. The fourth-order valence-corrected chi connectivity index (χ4v) is 5.02. The summed E-state index contributed by atoms with van der Waals surface area (Å²) < 4.78 is 28.7. The number of rotatable bonds is 4. The van der Waals surface area contributed by atoms with E-state index in [1.54, 1.807) is 31.2 Å². The molecule has 120 valence electrons. The Morgan fingerprint density at radius 2 is 2.05 bits per heavy atom. The van der Waals surface area contributed by atoms with E-state index in [0.29, 0.717) is 12.0 Å². The Kier molecular flexibility index (Phi) is 5.10. The molecule has 1 amide bonds. The zero-order chi connectivity index (χ0) is 16.4. The van der Waals surface area contributed by atoms with E-state index in [0.717, 1.165) is 3.57 Å². The van der Waals surface area contributed by atoms with E-state index in [9.17, 15) is 18.0 Å². The van der Waals surface area contributed by atoms with Crippen molar-refractivity contribution in [1.82, 2.24) is 5.32 Å². The molecule has 1 aliphatic heterocycles. The van der Waals surface area contributed by atoms with Crippen LogP contribution in [0.3, 0.4) is 0 Å². The summed E-state index contributed by atoms with van der Waals surface area (Å²) in [6, 6.07) is 6.89. The van der Waals surface area contributed by atoms with Crippen molar-refractivity contribution in [3.63, 3.8) is 0 Å². The standard InChI is InChI=1S/C14H16INO5S/c1-14(6-7-22(19,20)9-14)16-12(17)8-21-13(18)10-4-2-3-5-11(10)15/h2-5H,6-9H2,1H3,(H,16,17). The van der Waals surface area contributed by atoms with Gasteiger partial charge in [-0.25, -0.2) is 13.2 Å². The number of carbonyl (C=O) groups excluding carboxylic acids is 2. The molecule has 1 saturated heterocycles. The molecule has 2 rings (SSSR count). The lowest BCUT2D eigenvalue weighted by atomic mass is 10.0. The number of halogens is 1. The molecule has 0 aliphatic carbocycles. The van der Waals surface area contributed by atoms with Crippen LogP contribution in [0.4, 0.5) is 0 Å². The van der Waals surface area contributed by atoms with E-state index in [1.165, 1.54) is 0 Å². The predicted octanol–water partition coefficient (Wildman–Crippen LogP) is 1.14. The first kappa shape index (κ1) is 17.2. The molecule has 22 heavy (non-hydrogen) atoms. The summed E-state index contributed by atoms with van der Waals surface area (Å²) in [4.78, 5) is 23.7. The van der Waals surface area contributed by atoms with E-state index in [-0.39, 0.29) is 11.5 Å². The van der Waals surface area contributed by atoms with E-state index < -0.39 is 33.9 Å². The zero-order valence-corrected chi connectivity index (χ0v) is 14.9. The molecular weight excluding hydrogens is 421 g/mol. The topological polar surface area (TPSA) is 89.5 Å². The highest BCUT2D eigenvalue weighted by atomic mass is 127. The van der Waals surface area contributed by atoms with Crippen molar-refractivity contribution >= 4 is 44.3 Å². The summed E-state index contributed by atoms with van der Waals surface area (Å²) in [7, 11) is -3.10. The highest BCUT2D eigenvalue weighted by Gasteiger charge is 2.39. The number of nitrogens with one attached hydrogen (secondary N) is 1. The summed E-state index contributed by atoms with van der Waals surface area (Å²) in [5, 5.41) is 2.64. The van der Waals surface area contributed by atoms with Gasteiger partial charge in [0.05, 0.1) is 22.6 Å². The molecule has 1 heterocycles. The molecule has 1 atom stereocenters. The zero-order valence-electron chi connectivity index (χ0n) is 12.0. The minimum atomic E-state index is -3.10. The van der Waals surface area contributed by atoms with Crippen LogP contribution in [0, 0.1) is 3.57 Å². The van der Waals surface area contributed by atoms with Gasteiger partial charge < -0.3 is 10.1 Å². The minimum Gasteiger partial charge on any atom is -0.452 e. The Morgan fingerprint density at radius 1 is 1.36 bits per heavy atom. The third kappa shape index (κ3) is 4.42. The number of hydrogen-bond acceptors (Lipinski definition) is 5. The summed E-state index contributed by atoms with van der Waals surface area (Å²) in [6.45, 7) is 1.25. The molecule has 0 saturated carbocycles. The van der Waals surface area contributed by atoms with Crippen molar-refractivity contribution in [3.05, 3.63) is 33.4 Å². The summed E-state index contributed by atoms with van der Waals surface area (Å²) in [5.41, 5.74) is -0.394. The molecule has 8 heteroatoms. The molecule has 0 spiro atoms. The molecule has 0 bridgehead atoms. The number of hydrogen-bond donors (Lipinski definition) is 1. The summed E-state index contributed by atoms with van der Waals surface area (Å²) >= 11 is 2.01. The minimum absolute atomic E-state index is 0.0613. The van der Waals surface area contributed by atoms with Crippen molar-refractivity contribution in [3.8, 4) is 0 Å². The first-order valence-corrected chi connectivity index (χ1v) is 9.54. The van der Waals surface area contributed by atoms with Crippen LogP contribution in [-0.4, -0.2) is 43.9 Å². The third-order valence-corrected chi connectivity index (χ3v) is 6.22. The molecule has 1 unspecified atom stereocenters. The molecule has 1 N–H and O–H groups in total. The van der Waals surface area contributed by atoms with Crippen LogP contribution >= 0.6 is 22.6 Å². The molecule has 1 fully saturated rings. The highest BCUT2D eigenvalue weighted by molar-refractivity contribution is 14.1. The van der Waals surface area contributed by atoms with Gasteiger partial charge in [-0.15, -0.1) is 0 Å². The predicted molar refractivity (Wildman–Crippen MR) is 89.3 cm³/mol. The molecule has 1 aromatic rings. The fraction of sp³-hybridized carbons (Fsp3) is 0.429. The Hall–Kier alpha value is -1.16. The lowest BCUT2D eigenvalue weighted by Gasteiger charge is -2.23. The van der Waals surface area contributed by atoms with Gasteiger partial charge in [-0.05, 0) is 48.1 Å². The van der Waals surface area contributed by atoms with Crippen LogP contribution in [0.1, 0.15) is 23.7 Å². The lowest BCUT2D eigenvalue weighted by Crippen LogP contribution is -2.48. The second kappa shape index (κ2) is 6.53. The van der Waals surface area contributed by atoms with Gasteiger partial charge in [-0.1, -0.05) is 12.1 Å². The van der Waals surface area contributed by atoms with Crippen LogP contribution in [-0.2, 0) is 19.4 Å². The van der Waals surface area contributed by atoms with Crippen molar-refractivity contribution < 1.29 is 22.7 Å². The summed E-state index contributed by atoms with van der Waals surface area (Å²) in [6.07, 6.45) is 0.367. The largest absolute Gasteiger partial charge is 0.452 e. The third-order valence-electron chi connectivity index (χ3n) is 3.37. The maximum absolute atomic E-state index is 11.9. The second-order valence-electron chi connectivity index (χ2n) is 5.51. The summed E-state index contributed by atoms with van der Waals surface area (Å²) in [5.74, 6) is -1.11. The molecule has 1 aliphatic rings. The van der Waals surface area contributed by atoms with Gasteiger partial charge in [0, 0.05) is 3.57 Å². The number of ether oxygens (including phenoxy) is 1. The van der Waals surface area contributed by atoms with Crippen molar-refractivity contribution in [2.24, 2.45) is 0 Å². The van der Waals surface area contributed by atoms with Gasteiger partial charge in [0.15, 0.2) is 16.4 Å². The monoisotopic (exact) mass is 437 g/mol. The Balaban J connectivity index is 1.89. The number of amides is 1. The molecule has 0 radical (unpaired) electrons. The molecule has 6 nitrogen and oxygen atoms in total. The van der Waals surface area contributed by atoms with E-state index in [2.05, 4.69) is 5.32 Å². The fourth-order valence-electron chi connectivity index (χ4n) is 2.32. The molecule has 0 aromatic heterocycles. The van der Waals surface area contributed by atoms with Gasteiger partial charge in [0.25, 0.3) is 5.91 Å². The van der Waals surface area contributed by atoms with Crippen LogP contribution in [0.5, 0.6) is 0 Å². The van der Waals surface area contributed by atoms with Crippen molar-refractivity contribution in [1.29, 1.82) is 0 Å². The Labute approximate surface area is 142 Å². The average molecular weight is 437 g/mol. The van der Waals surface area contributed by atoms with Gasteiger partial charge in [-0.3, -0.25) is 4.79 Å². The number of esters is 1. The quantitative estimate of drug-likeness (QED) is 0.564. The Morgan fingerprint density at radius 3 is 2.64 bits per heavy atom. The number of benzene rings is 1. The van der Waals surface area contributed by atoms with Crippen molar-refractivity contribution in [2.75, 3.05) is 18.1 Å². The van der Waals surface area contributed by atoms with Crippen LogP contribution in [0.2, 0.25) is 0 Å². The highest BCUT2D eigenvalue weighted by Crippen LogP contribution is 2.22. The van der Waals surface area contributed by atoms with E-state index >= 15 is 0 Å². The number of sulfone groups is 1. The molecular formula is C14H16INO5S. The average Bonchev–Trinajstić information content (AvgIpc) is 2.70. The number of carbonyl (C=O) groups is 2. The van der Waals surface area contributed by atoms with Crippen LogP contribution in [0.15, 0.2) is 24.3 Å². The maximum atomic E-state index is 11.9. The van der Waals surface area contributed by atoms with Gasteiger partial charge in [0.2, 0.25) is 0 Å². The van der Waals surface area contributed by atoms with Gasteiger partial charge in [-0.2, -0.15) is 0 Å². The van der Waals surface area contributed by atoms with Crippen LogP contribution < -0.4 is 5.32 Å². The first-order valence-electron chi connectivity index (χ1n) is 6.64. The first-order chi connectivity index (χ1) is 10.2. The maximum Gasteiger partial charge on any atom is 0.339 e. The van der Waals surface area contributed by atoms with E-state index in [4.69, 9.17) is 4.74 Å².